The maximum Gasteiger partial charge on any atom is 0.249 e. The molecular weight excluding hydrogens is 309 g/mol. The van der Waals surface area contributed by atoms with Crippen LogP contribution >= 0.6 is 0 Å². The highest BCUT2D eigenvalue weighted by Gasteiger charge is 2.18. The van der Waals surface area contributed by atoms with Crippen LogP contribution in [0, 0.1) is 17.5 Å². The molecule has 2 aromatic rings. The predicted octanol–water partition coefficient (Wildman–Crippen LogP) is 1.78. The van der Waals surface area contributed by atoms with Crippen molar-refractivity contribution in [3.05, 3.63) is 35.8 Å². The van der Waals surface area contributed by atoms with Gasteiger partial charge < -0.3 is 15.1 Å². The largest absolute Gasteiger partial charge is 0.353 e. The Kier molecular flexibility index (Phi) is 4.28. The van der Waals surface area contributed by atoms with Gasteiger partial charge in [-0.25, -0.2) is 13.2 Å². The minimum Gasteiger partial charge on any atom is -0.353 e. The number of aromatic nitrogens is 3. The monoisotopic (exact) mass is 324 g/mol. The van der Waals surface area contributed by atoms with Crippen LogP contribution in [0.5, 0.6) is 0 Å². The number of nitrogens with one attached hydrogen (secondary N) is 1. The van der Waals surface area contributed by atoms with Gasteiger partial charge in [0.1, 0.15) is 0 Å². The van der Waals surface area contributed by atoms with E-state index < -0.39 is 17.5 Å². The number of halogens is 3. The van der Waals surface area contributed by atoms with Crippen molar-refractivity contribution in [1.29, 1.82) is 0 Å². The molecule has 0 amide bonds. The second kappa shape index (κ2) is 6.37. The average Bonchev–Trinajstić information content (AvgIpc) is 2.56. The molecule has 1 aliphatic rings. The first-order chi connectivity index (χ1) is 11.0. The summed E-state index contributed by atoms with van der Waals surface area (Å²) in [7, 11) is 2.04. The van der Waals surface area contributed by atoms with Crippen molar-refractivity contribution in [2.24, 2.45) is 0 Å². The van der Waals surface area contributed by atoms with E-state index in [1.54, 1.807) is 0 Å². The summed E-state index contributed by atoms with van der Waals surface area (Å²) in [6, 6.07) is 1.91. The molecule has 23 heavy (non-hydrogen) atoms. The lowest BCUT2D eigenvalue weighted by Crippen LogP contribution is -2.44. The first-order valence-electron chi connectivity index (χ1n) is 7.08. The van der Waals surface area contributed by atoms with Crippen LogP contribution in [0.15, 0.2) is 18.3 Å². The van der Waals surface area contributed by atoms with Gasteiger partial charge in [-0.2, -0.15) is 10.1 Å². The molecule has 0 radical (unpaired) electrons. The van der Waals surface area contributed by atoms with Crippen LogP contribution in [0.1, 0.15) is 0 Å². The highest BCUT2D eigenvalue weighted by atomic mass is 19.2. The van der Waals surface area contributed by atoms with Gasteiger partial charge in [0.2, 0.25) is 5.95 Å². The third-order valence-electron chi connectivity index (χ3n) is 3.66. The van der Waals surface area contributed by atoms with E-state index in [1.165, 1.54) is 6.20 Å². The lowest BCUT2D eigenvalue weighted by atomic mass is 10.3. The van der Waals surface area contributed by atoms with Gasteiger partial charge in [0.05, 0.1) is 11.9 Å². The summed E-state index contributed by atoms with van der Waals surface area (Å²) in [5, 5.41) is 10.1. The molecule has 1 aliphatic heterocycles. The zero-order valence-electron chi connectivity index (χ0n) is 12.4. The van der Waals surface area contributed by atoms with Gasteiger partial charge in [-0.05, 0) is 19.2 Å². The predicted molar refractivity (Wildman–Crippen MR) is 79.1 cm³/mol. The number of rotatable bonds is 3. The molecule has 0 spiro atoms. The Hall–Kier alpha value is -2.42. The van der Waals surface area contributed by atoms with Crippen molar-refractivity contribution in [3.63, 3.8) is 0 Å². The number of piperazine rings is 1. The molecule has 122 valence electrons. The molecule has 1 N–H and O–H groups in total. The standard InChI is InChI=1S/C14H15F3N6/c1-22-4-6-23(7-5-22)11-8-18-21-14(20-11)19-10-3-2-9(15)12(16)13(10)17/h2-3,8H,4-7H2,1H3,(H,19,20,21). The normalized spacial score (nSPS) is 15.7. The van der Waals surface area contributed by atoms with Gasteiger partial charge >= 0.3 is 0 Å². The van der Waals surface area contributed by atoms with Gasteiger partial charge in [-0.1, -0.05) is 0 Å². The molecule has 1 fully saturated rings. The number of hydrogen-bond donors (Lipinski definition) is 1. The van der Waals surface area contributed by atoms with Crippen LogP contribution < -0.4 is 10.2 Å². The summed E-state index contributed by atoms with van der Waals surface area (Å²) < 4.78 is 39.9. The Labute approximate surface area is 131 Å². The second-order valence-electron chi connectivity index (χ2n) is 5.28. The van der Waals surface area contributed by atoms with Gasteiger partial charge in [0.25, 0.3) is 0 Å². The highest BCUT2D eigenvalue weighted by molar-refractivity contribution is 5.55. The molecule has 2 heterocycles. The quantitative estimate of drug-likeness (QED) is 0.869. The SMILES string of the molecule is CN1CCN(c2cnnc(Nc3ccc(F)c(F)c3F)n2)CC1. The first kappa shape index (κ1) is 15.5. The summed E-state index contributed by atoms with van der Waals surface area (Å²) in [6.45, 7) is 3.36. The topological polar surface area (TPSA) is 57.2 Å². The molecule has 0 atom stereocenters. The molecule has 1 aromatic heterocycles. The lowest BCUT2D eigenvalue weighted by molar-refractivity contribution is 0.312. The van der Waals surface area contributed by atoms with Crippen LogP contribution in [-0.2, 0) is 0 Å². The molecule has 9 heteroatoms. The van der Waals surface area contributed by atoms with Crippen molar-refractivity contribution in [2.45, 2.75) is 0 Å². The van der Waals surface area contributed by atoms with Crippen LogP contribution in [0.25, 0.3) is 0 Å². The Morgan fingerprint density at radius 1 is 1.04 bits per heavy atom. The number of hydrogen-bond acceptors (Lipinski definition) is 6. The van der Waals surface area contributed by atoms with Crippen molar-refractivity contribution in [1.82, 2.24) is 20.1 Å². The maximum atomic E-state index is 13.7. The van der Waals surface area contributed by atoms with Crippen molar-refractivity contribution < 1.29 is 13.2 Å². The van der Waals surface area contributed by atoms with Crippen molar-refractivity contribution >= 4 is 17.5 Å². The molecule has 0 aliphatic carbocycles. The minimum atomic E-state index is -1.54. The number of nitrogens with zero attached hydrogens (tertiary/aromatic N) is 5. The molecule has 0 saturated carbocycles. The van der Waals surface area contributed by atoms with E-state index in [9.17, 15) is 13.2 Å². The van der Waals surface area contributed by atoms with Crippen molar-refractivity contribution in [2.75, 3.05) is 43.4 Å². The Balaban J connectivity index is 1.79. The van der Waals surface area contributed by atoms with E-state index in [0.29, 0.717) is 5.82 Å². The van der Waals surface area contributed by atoms with Crippen LogP contribution in [0.2, 0.25) is 0 Å². The number of anilines is 3. The molecule has 0 bridgehead atoms. The number of benzene rings is 1. The second-order valence-corrected chi connectivity index (χ2v) is 5.28. The molecule has 0 unspecified atom stereocenters. The lowest BCUT2D eigenvalue weighted by Gasteiger charge is -2.32. The van der Waals surface area contributed by atoms with Crippen LogP contribution in [-0.4, -0.2) is 53.3 Å². The first-order valence-corrected chi connectivity index (χ1v) is 7.08. The summed E-state index contributed by atoms with van der Waals surface area (Å²) in [5.74, 6) is -3.50. The third kappa shape index (κ3) is 3.34. The summed E-state index contributed by atoms with van der Waals surface area (Å²) in [5.41, 5.74) is -0.249. The summed E-state index contributed by atoms with van der Waals surface area (Å²) in [4.78, 5) is 8.47. The van der Waals surface area contributed by atoms with Gasteiger partial charge in [0, 0.05) is 26.2 Å². The zero-order chi connectivity index (χ0) is 16.4. The van der Waals surface area contributed by atoms with Gasteiger partial charge in [-0.15, -0.1) is 5.10 Å². The Morgan fingerprint density at radius 2 is 1.78 bits per heavy atom. The van der Waals surface area contributed by atoms with E-state index in [1.807, 2.05) is 11.9 Å². The average molecular weight is 324 g/mol. The highest BCUT2D eigenvalue weighted by Crippen LogP contribution is 2.22. The number of likely N-dealkylation sites (N-methyl/N-ethyl adjacent to an activating group) is 1. The zero-order valence-corrected chi connectivity index (χ0v) is 12.4. The molecular formula is C14H15F3N6. The fourth-order valence-corrected chi connectivity index (χ4v) is 2.28. The van der Waals surface area contributed by atoms with E-state index >= 15 is 0 Å². The third-order valence-corrected chi connectivity index (χ3v) is 3.66. The van der Waals surface area contributed by atoms with E-state index in [-0.39, 0.29) is 11.6 Å². The minimum absolute atomic E-state index is 0.0198. The fourth-order valence-electron chi connectivity index (χ4n) is 2.28. The summed E-state index contributed by atoms with van der Waals surface area (Å²) >= 11 is 0. The van der Waals surface area contributed by atoms with E-state index in [4.69, 9.17) is 0 Å². The Bertz CT molecular complexity index is 703. The van der Waals surface area contributed by atoms with E-state index in [2.05, 4.69) is 25.4 Å². The van der Waals surface area contributed by atoms with Gasteiger partial charge in [-0.3, -0.25) is 0 Å². The van der Waals surface area contributed by atoms with Crippen LogP contribution in [0.4, 0.5) is 30.6 Å². The van der Waals surface area contributed by atoms with Gasteiger partial charge in [0.15, 0.2) is 23.3 Å². The fraction of sp³-hybridized carbons (Fsp3) is 0.357. The summed E-state index contributed by atoms with van der Waals surface area (Å²) in [6.07, 6.45) is 1.51. The smallest absolute Gasteiger partial charge is 0.249 e. The molecule has 6 nitrogen and oxygen atoms in total. The molecule has 1 aromatic carbocycles. The van der Waals surface area contributed by atoms with Crippen molar-refractivity contribution in [3.8, 4) is 0 Å². The van der Waals surface area contributed by atoms with Crippen LogP contribution in [0.3, 0.4) is 0 Å². The molecule has 1 saturated heterocycles. The maximum absolute atomic E-state index is 13.7. The Morgan fingerprint density at radius 3 is 2.52 bits per heavy atom. The molecule has 3 rings (SSSR count). The van der Waals surface area contributed by atoms with E-state index in [0.717, 1.165) is 38.3 Å².